The molecule has 4 N–H and O–H groups in total. The zero-order valence-corrected chi connectivity index (χ0v) is 32.0. The Morgan fingerprint density at radius 2 is 0.596 bits per heavy atom. The van der Waals surface area contributed by atoms with Crippen LogP contribution in [0, 0.1) is 5.92 Å². The van der Waals surface area contributed by atoms with Crippen LogP contribution in [0.5, 0.6) is 0 Å². The molecule has 52 heavy (non-hydrogen) atoms. The van der Waals surface area contributed by atoms with Gasteiger partial charge in [-0.3, -0.25) is 19.2 Å². The summed E-state index contributed by atoms with van der Waals surface area (Å²) in [4.78, 5) is 43.8. The van der Waals surface area contributed by atoms with E-state index in [1.165, 1.54) is 27.7 Å². The highest BCUT2D eigenvalue weighted by Crippen LogP contribution is 2.06. The van der Waals surface area contributed by atoms with Gasteiger partial charge >= 0.3 is 0 Å². The zero-order chi connectivity index (χ0) is 38.5. The molecule has 0 bridgehead atoms. The Morgan fingerprint density at radius 1 is 0.365 bits per heavy atom. The molecule has 0 aliphatic heterocycles. The second kappa shape index (κ2) is 36.8. The molecule has 0 radical (unpaired) electrons. The highest BCUT2D eigenvalue weighted by atomic mass is 16.6. The molecule has 4 amide bonds. The second-order valence-electron chi connectivity index (χ2n) is 11.7. The van der Waals surface area contributed by atoms with Gasteiger partial charge in [0.25, 0.3) is 0 Å². The maximum absolute atomic E-state index is 11.0. The van der Waals surface area contributed by atoms with E-state index in [1.807, 2.05) is 6.92 Å². The van der Waals surface area contributed by atoms with E-state index < -0.39 is 0 Å². The zero-order valence-electron chi connectivity index (χ0n) is 32.0. The summed E-state index contributed by atoms with van der Waals surface area (Å²) in [6, 6.07) is 0. The van der Waals surface area contributed by atoms with E-state index in [0.29, 0.717) is 119 Å². The van der Waals surface area contributed by atoms with Gasteiger partial charge in [0.05, 0.1) is 119 Å². The minimum atomic E-state index is -0.347. The Bertz CT molecular complexity index is 761. The van der Waals surface area contributed by atoms with Crippen molar-refractivity contribution in [2.75, 3.05) is 145 Å². The Labute approximate surface area is 309 Å². The summed E-state index contributed by atoms with van der Waals surface area (Å²) >= 11 is 0. The molecule has 18 nitrogen and oxygen atoms in total. The maximum Gasteiger partial charge on any atom is 0.216 e. The van der Waals surface area contributed by atoms with Crippen LogP contribution in [0.4, 0.5) is 0 Å². The van der Waals surface area contributed by atoms with Gasteiger partial charge in [-0.15, -0.1) is 0 Å². The van der Waals surface area contributed by atoms with Crippen LogP contribution in [0.15, 0.2) is 0 Å². The van der Waals surface area contributed by atoms with Crippen LogP contribution in [0.2, 0.25) is 0 Å². The Balaban J connectivity index is 4.70. The third kappa shape index (κ3) is 38.7. The number of rotatable bonds is 38. The van der Waals surface area contributed by atoms with Crippen molar-refractivity contribution in [2.24, 2.45) is 5.92 Å². The molecule has 0 saturated heterocycles. The predicted molar refractivity (Wildman–Crippen MR) is 190 cm³/mol. The van der Waals surface area contributed by atoms with E-state index in [-0.39, 0.29) is 68.2 Å². The standard InChI is InChI=1S/C34H66N4O14/c1-28(22-51-33(24-47-18-14-43-10-6-35-29(2)39)25-48-19-15-44-11-7-36-30(3)40)23-52-34(26-49-20-16-45-12-8-37-31(4)41)27-50-21-17-46-13-9-38-32(5)42/h28,33-34H,6-27H2,1-5H3,(H,35,39)(H,36,40)(H,37,41)(H,38,42). The third-order valence-electron chi connectivity index (χ3n) is 6.42. The Kier molecular flexibility index (Phi) is 35.0. The minimum Gasteiger partial charge on any atom is -0.377 e. The normalized spacial score (nSPS) is 11.4. The van der Waals surface area contributed by atoms with Crippen molar-refractivity contribution in [1.82, 2.24) is 21.3 Å². The number of hydrogen-bond donors (Lipinski definition) is 4. The summed E-state index contributed by atoms with van der Waals surface area (Å²) < 4.78 is 57.3. The molecule has 0 aliphatic rings. The molecule has 0 atom stereocenters. The highest BCUT2D eigenvalue weighted by Gasteiger charge is 2.16. The van der Waals surface area contributed by atoms with Gasteiger partial charge in [0, 0.05) is 59.8 Å². The third-order valence-corrected chi connectivity index (χ3v) is 6.42. The largest absolute Gasteiger partial charge is 0.377 e. The summed E-state index contributed by atoms with van der Waals surface area (Å²) in [7, 11) is 0. The fraction of sp³-hybridized carbons (Fsp3) is 0.882. The van der Waals surface area contributed by atoms with Crippen molar-refractivity contribution in [3.8, 4) is 0 Å². The van der Waals surface area contributed by atoms with Crippen LogP contribution in [0.3, 0.4) is 0 Å². The fourth-order valence-corrected chi connectivity index (χ4v) is 3.87. The summed E-state index contributed by atoms with van der Waals surface area (Å²) in [5.74, 6) is -0.402. The number of amides is 4. The SMILES string of the molecule is CC(=O)NCCOCCOCC(COCCOCCNC(C)=O)OCC(C)COC(COCCOCCNC(C)=O)COCCOCCNC(C)=O. The van der Waals surface area contributed by atoms with Crippen LogP contribution in [0.1, 0.15) is 34.6 Å². The number of nitrogens with one attached hydrogen (secondary N) is 4. The van der Waals surface area contributed by atoms with E-state index >= 15 is 0 Å². The predicted octanol–water partition coefficient (Wildman–Crippen LogP) is -0.930. The number of ether oxygens (including phenoxy) is 10. The van der Waals surface area contributed by atoms with Gasteiger partial charge in [0.2, 0.25) is 23.6 Å². The van der Waals surface area contributed by atoms with Crippen LogP contribution in [0.25, 0.3) is 0 Å². The molecular formula is C34H66N4O14. The van der Waals surface area contributed by atoms with Gasteiger partial charge in [-0.2, -0.15) is 0 Å². The lowest BCUT2D eigenvalue weighted by Gasteiger charge is -2.23. The van der Waals surface area contributed by atoms with E-state index in [9.17, 15) is 19.2 Å². The molecule has 0 aromatic rings. The van der Waals surface area contributed by atoms with E-state index in [0.717, 1.165) is 0 Å². The highest BCUT2D eigenvalue weighted by molar-refractivity contribution is 5.73. The maximum atomic E-state index is 11.0. The van der Waals surface area contributed by atoms with E-state index in [1.54, 1.807) is 0 Å². The molecule has 0 heterocycles. The molecule has 0 rings (SSSR count). The lowest BCUT2D eigenvalue weighted by molar-refractivity contribution is -0.120. The quantitative estimate of drug-likeness (QED) is 0.0562. The van der Waals surface area contributed by atoms with Crippen LogP contribution in [-0.2, 0) is 66.5 Å². The van der Waals surface area contributed by atoms with Gasteiger partial charge in [0.1, 0.15) is 12.2 Å². The van der Waals surface area contributed by atoms with Crippen molar-refractivity contribution in [3.63, 3.8) is 0 Å². The fourth-order valence-electron chi connectivity index (χ4n) is 3.87. The van der Waals surface area contributed by atoms with Crippen molar-refractivity contribution in [3.05, 3.63) is 0 Å². The summed E-state index contributed by atoms with van der Waals surface area (Å²) in [6.45, 7) is 16.0. The molecule has 0 saturated carbocycles. The van der Waals surface area contributed by atoms with Gasteiger partial charge in [-0.1, -0.05) is 6.92 Å². The molecule has 18 heteroatoms. The smallest absolute Gasteiger partial charge is 0.216 e. The Hall–Kier alpha value is -2.52. The van der Waals surface area contributed by atoms with Crippen molar-refractivity contribution >= 4 is 23.6 Å². The van der Waals surface area contributed by atoms with E-state index in [2.05, 4.69) is 21.3 Å². The first-order chi connectivity index (χ1) is 25.1. The Morgan fingerprint density at radius 3 is 0.827 bits per heavy atom. The summed E-state index contributed by atoms with van der Waals surface area (Å²) in [6.07, 6.45) is -0.695. The first-order valence-corrected chi connectivity index (χ1v) is 17.9. The molecule has 0 aliphatic carbocycles. The topological polar surface area (TPSA) is 209 Å². The number of carbonyl (C=O) groups excluding carboxylic acids is 4. The monoisotopic (exact) mass is 754 g/mol. The van der Waals surface area contributed by atoms with Gasteiger partial charge in [0.15, 0.2) is 0 Å². The van der Waals surface area contributed by atoms with Gasteiger partial charge in [-0.25, -0.2) is 0 Å². The van der Waals surface area contributed by atoms with Crippen molar-refractivity contribution in [1.29, 1.82) is 0 Å². The molecule has 306 valence electrons. The van der Waals surface area contributed by atoms with Crippen molar-refractivity contribution in [2.45, 2.75) is 46.8 Å². The summed E-state index contributed by atoms with van der Waals surface area (Å²) in [5.41, 5.74) is 0. The van der Waals surface area contributed by atoms with Crippen LogP contribution < -0.4 is 21.3 Å². The minimum absolute atomic E-state index is 0.0217. The average molecular weight is 755 g/mol. The molecule has 0 aromatic heterocycles. The van der Waals surface area contributed by atoms with Crippen LogP contribution >= 0.6 is 0 Å². The number of carbonyl (C=O) groups is 4. The van der Waals surface area contributed by atoms with E-state index in [4.69, 9.17) is 47.4 Å². The average Bonchev–Trinajstić information content (AvgIpc) is 3.09. The van der Waals surface area contributed by atoms with Gasteiger partial charge in [-0.05, 0) is 0 Å². The van der Waals surface area contributed by atoms with Crippen LogP contribution in [-0.4, -0.2) is 181 Å². The second-order valence-corrected chi connectivity index (χ2v) is 11.7. The molecule has 0 fully saturated rings. The molecule has 0 spiro atoms. The van der Waals surface area contributed by atoms with Gasteiger partial charge < -0.3 is 68.6 Å². The lowest BCUT2D eigenvalue weighted by atomic mass is 10.2. The number of hydrogen-bond acceptors (Lipinski definition) is 14. The van der Waals surface area contributed by atoms with Crippen molar-refractivity contribution < 1.29 is 66.5 Å². The molecular weight excluding hydrogens is 688 g/mol. The first kappa shape index (κ1) is 49.5. The summed E-state index contributed by atoms with van der Waals surface area (Å²) in [5, 5.41) is 10.7. The molecule has 0 unspecified atom stereocenters. The molecule has 0 aromatic carbocycles. The first-order valence-electron chi connectivity index (χ1n) is 17.9. The lowest BCUT2D eigenvalue weighted by Crippen LogP contribution is -2.32.